The van der Waals surface area contributed by atoms with Crippen molar-refractivity contribution in [3.05, 3.63) is 27.7 Å². The first kappa shape index (κ1) is 12.4. The Hall–Kier alpha value is -1.07. The van der Waals surface area contributed by atoms with Crippen LogP contribution in [0.1, 0.15) is 18.1 Å². The highest BCUT2D eigenvalue weighted by atomic mass is 79.9. The predicted octanol–water partition coefficient (Wildman–Crippen LogP) is 1.99. The third kappa shape index (κ3) is 2.98. The van der Waals surface area contributed by atoms with E-state index >= 15 is 0 Å². The van der Waals surface area contributed by atoms with Crippen molar-refractivity contribution in [2.45, 2.75) is 20.0 Å². The van der Waals surface area contributed by atoms with Gasteiger partial charge in [0.05, 0.1) is 6.61 Å². The Morgan fingerprint density at radius 2 is 2.35 bits per heavy atom. The minimum Gasteiger partial charge on any atom is -0.467 e. The molecule has 5 heteroatoms. The van der Waals surface area contributed by atoms with Crippen LogP contribution in [0, 0.1) is 0 Å². The lowest BCUT2D eigenvalue weighted by molar-refractivity contribution is -0.118. The van der Waals surface area contributed by atoms with Crippen molar-refractivity contribution >= 4 is 21.8 Å². The summed E-state index contributed by atoms with van der Waals surface area (Å²) < 4.78 is 11.7. The van der Waals surface area contributed by atoms with E-state index in [4.69, 9.17) is 9.47 Å². The Labute approximate surface area is 108 Å². The second kappa shape index (κ2) is 5.51. The van der Waals surface area contributed by atoms with Gasteiger partial charge in [0.2, 0.25) is 5.91 Å². The molecule has 0 aromatic heterocycles. The van der Waals surface area contributed by atoms with E-state index in [-0.39, 0.29) is 5.91 Å². The van der Waals surface area contributed by atoms with Gasteiger partial charge in [-0.25, -0.2) is 0 Å². The first-order valence-corrected chi connectivity index (χ1v) is 6.23. The third-order valence-corrected chi connectivity index (χ3v) is 3.37. The highest BCUT2D eigenvalue weighted by Gasteiger charge is 2.16. The van der Waals surface area contributed by atoms with Gasteiger partial charge < -0.3 is 14.8 Å². The molecule has 1 aliphatic rings. The van der Waals surface area contributed by atoms with Crippen molar-refractivity contribution in [3.8, 4) is 5.75 Å². The van der Waals surface area contributed by atoms with Crippen molar-refractivity contribution < 1.29 is 14.3 Å². The van der Waals surface area contributed by atoms with Crippen LogP contribution < -0.4 is 10.1 Å². The van der Waals surface area contributed by atoms with E-state index in [9.17, 15) is 4.79 Å². The summed E-state index contributed by atoms with van der Waals surface area (Å²) in [6.45, 7) is 3.00. The lowest BCUT2D eigenvalue weighted by Crippen LogP contribution is -2.23. The number of hydrogen-bond acceptors (Lipinski definition) is 3. The molecule has 0 radical (unpaired) electrons. The third-order valence-electron chi connectivity index (χ3n) is 2.62. The number of nitrogens with one attached hydrogen (secondary N) is 1. The van der Waals surface area contributed by atoms with Crippen LogP contribution >= 0.6 is 15.9 Å². The summed E-state index contributed by atoms with van der Waals surface area (Å²) in [5.41, 5.74) is 2.20. The van der Waals surface area contributed by atoms with Crippen molar-refractivity contribution in [1.82, 2.24) is 5.32 Å². The van der Waals surface area contributed by atoms with Crippen molar-refractivity contribution in [1.29, 1.82) is 0 Å². The second-order valence-electron chi connectivity index (χ2n) is 3.85. The first-order valence-electron chi connectivity index (χ1n) is 5.43. The summed E-state index contributed by atoms with van der Waals surface area (Å²) in [5, 5.41) is 2.79. The summed E-state index contributed by atoms with van der Waals surface area (Å²) in [4.78, 5) is 10.8. The Morgan fingerprint density at radius 1 is 1.53 bits per heavy atom. The Balaban J connectivity index is 2.16. The zero-order valence-corrected chi connectivity index (χ0v) is 11.2. The van der Waals surface area contributed by atoms with Crippen LogP contribution in [0.5, 0.6) is 5.75 Å². The molecule has 17 heavy (non-hydrogen) atoms. The molecule has 0 bridgehead atoms. The van der Waals surface area contributed by atoms with Crippen LogP contribution in [-0.4, -0.2) is 19.2 Å². The molecule has 0 unspecified atom stereocenters. The quantitative estimate of drug-likeness (QED) is 0.928. The average molecular weight is 300 g/mol. The summed E-state index contributed by atoms with van der Waals surface area (Å²) in [6.07, 6.45) is 0.760. The fourth-order valence-electron chi connectivity index (χ4n) is 1.82. The molecular formula is C12H14BrNO3. The minimum absolute atomic E-state index is 0.0154. The summed E-state index contributed by atoms with van der Waals surface area (Å²) in [6, 6.07) is 3.90. The normalized spacial score (nSPS) is 13.8. The lowest BCUT2D eigenvalue weighted by Gasteiger charge is -2.21. The molecule has 1 aromatic carbocycles. The van der Waals surface area contributed by atoms with E-state index in [0.717, 1.165) is 27.8 Å². The Kier molecular flexibility index (Phi) is 4.02. The predicted molar refractivity (Wildman–Crippen MR) is 66.8 cm³/mol. The topological polar surface area (TPSA) is 47.6 Å². The molecular weight excluding hydrogens is 286 g/mol. The molecule has 0 aliphatic carbocycles. The van der Waals surface area contributed by atoms with Gasteiger partial charge in [-0.05, 0) is 24.1 Å². The largest absolute Gasteiger partial charge is 0.467 e. The van der Waals surface area contributed by atoms with Crippen LogP contribution in [0.3, 0.4) is 0 Å². The SMILES string of the molecule is CC(=O)NCCc1c(Br)ccc2c1COCO2. The molecule has 1 aromatic rings. The van der Waals surface area contributed by atoms with Gasteiger partial charge in [0.1, 0.15) is 5.75 Å². The Bertz CT molecular complexity index is 434. The number of halogens is 1. The molecule has 1 N–H and O–H groups in total. The molecule has 1 heterocycles. The van der Waals surface area contributed by atoms with Gasteiger partial charge in [-0.2, -0.15) is 0 Å². The van der Waals surface area contributed by atoms with Gasteiger partial charge in [0.25, 0.3) is 0 Å². The van der Waals surface area contributed by atoms with Gasteiger partial charge in [0.15, 0.2) is 6.79 Å². The molecule has 0 spiro atoms. The first-order chi connectivity index (χ1) is 8.18. The van der Waals surface area contributed by atoms with Crippen molar-refractivity contribution in [2.24, 2.45) is 0 Å². The van der Waals surface area contributed by atoms with Crippen LogP contribution in [0.15, 0.2) is 16.6 Å². The number of carbonyl (C=O) groups is 1. The number of benzene rings is 1. The van der Waals surface area contributed by atoms with E-state index in [2.05, 4.69) is 21.2 Å². The van der Waals surface area contributed by atoms with E-state index < -0.39 is 0 Å². The highest BCUT2D eigenvalue weighted by molar-refractivity contribution is 9.10. The van der Waals surface area contributed by atoms with E-state index in [0.29, 0.717) is 19.9 Å². The molecule has 0 fully saturated rings. The van der Waals surface area contributed by atoms with Crippen LogP contribution in [0.2, 0.25) is 0 Å². The van der Waals surface area contributed by atoms with E-state index in [1.165, 1.54) is 6.92 Å². The van der Waals surface area contributed by atoms with Gasteiger partial charge >= 0.3 is 0 Å². The zero-order chi connectivity index (χ0) is 12.3. The minimum atomic E-state index is -0.0154. The molecule has 0 atom stereocenters. The number of fused-ring (bicyclic) bond motifs is 1. The van der Waals surface area contributed by atoms with Gasteiger partial charge in [-0.3, -0.25) is 4.79 Å². The van der Waals surface area contributed by atoms with Gasteiger partial charge in [-0.1, -0.05) is 15.9 Å². The summed E-state index contributed by atoms with van der Waals surface area (Å²) in [5.74, 6) is 0.857. The summed E-state index contributed by atoms with van der Waals surface area (Å²) >= 11 is 3.52. The number of amides is 1. The maximum Gasteiger partial charge on any atom is 0.216 e. The number of rotatable bonds is 3. The number of hydrogen-bond donors (Lipinski definition) is 1. The highest BCUT2D eigenvalue weighted by Crippen LogP contribution is 2.32. The molecule has 2 rings (SSSR count). The summed E-state index contributed by atoms with van der Waals surface area (Å²) in [7, 11) is 0. The maximum atomic E-state index is 10.8. The maximum absolute atomic E-state index is 10.8. The molecule has 4 nitrogen and oxygen atoms in total. The molecule has 0 saturated carbocycles. The lowest BCUT2D eigenvalue weighted by atomic mass is 10.0. The number of carbonyl (C=O) groups excluding carboxylic acids is 1. The van der Waals surface area contributed by atoms with E-state index in [1.807, 2.05) is 12.1 Å². The monoisotopic (exact) mass is 299 g/mol. The van der Waals surface area contributed by atoms with E-state index in [1.54, 1.807) is 0 Å². The molecule has 1 amide bonds. The molecule has 1 aliphatic heterocycles. The van der Waals surface area contributed by atoms with Crippen molar-refractivity contribution in [2.75, 3.05) is 13.3 Å². The van der Waals surface area contributed by atoms with Crippen LogP contribution in [0.4, 0.5) is 0 Å². The van der Waals surface area contributed by atoms with Crippen LogP contribution in [-0.2, 0) is 22.6 Å². The second-order valence-corrected chi connectivity index (χ2v) is 4.70. The molecule has 0 saturated heterocycles. The Morgan fingerprint density at radius 3 is 3.12 bits per heavy atom. The smallest absolute Gasteiger partial charge is 0.216 e. The van der Waals surface area contributed by atoms with Crippen LogP contribution in [0.25, 0.3) is 0 Å². The standard InChI is InChI=1S/C12H14BrNO3/c1-8(15)14-5-4-9-10-6-16-7-17-12(10)3-2-11(9)13/h2-3H,4-7H2,1H3,(H,14,15). The average Bonchev–Trinajstić information content (AvgIpc) is 2.32. The number of ether oxygens (including phenoxy) is 2. The van der Waals surface area contributed by atoms with Gasteiger partial charge in [-0.15, -0.1) is 0 Å². The van der Waals surface area contributed by atoms with Crippen molar-refractivity contribution in [3.63, 3.8) is 0 Å². The zero-order valence-electron chi connectivity index (χ0n) is 9.59. The fourth-order valence-corrected chi connectivity index (χ4v) is 2.39. The van der Waals surface area contributed by atoms with Gasteiger partial charge in [0, 0.05) is 23.5 Å². The molecule has 92 valence electrons. The fraction of sp³-hybridized carbons (Fsp3) is 0.417.